The van der Waals surface area contributed by atoms with Crippen molar-refractivity contribution in [3.8, 4) is 17.1 Å². The number of carbonyl (C=O) groups excluding carboxylic acids is 1. The Bertz CT molecular complexity index is 937. The summed E-state index contributed by atoms with van der Waals surface area (Å²) >= 11 is 0. The van der Waals surface area contributed by atoms with Gasteiger partial charge in [-0.15, -0.1) is 0 Å². The molecule has 0 spiro atoms. The van der Waals surface area contributed by atoms with E-state index in [4.69, 9.17) is 14.0 Å². The summed E-state index contributed by atoms with van der Waals surface area (Å²) in [7, 11) is 0. The number of hydrogen-bond donors (Lipinski definition) is 1. The van der Waals surface area contributed by atoms with E-state index < -0.39 is 0 Å². The summed E-state index contributed by atoms with van der Waals surface area (Å²) in [5, 5.41) is 6.83. The number of pyridine rings is 1. The van der Waals surface area contributed by atoms with Gasteiger partial charge in [0.05, 0.1) is 6.10 Å². The highest BCUT2D eigenvalue weighted by atomic mass is 16.5. The number of amides is 1. The molecule has 1 N–H and O–H groups in total. The molecule has 1 aliphatic heterocycles. The molecule has 1 aliphatic rings. The Morgan fingerprint density at radius 1 is 1.23 bits per heavy atom. The smallest absolute Gasteiger partial charge is 0.227 e. The first kappa shape index (κ1) is 20.0. The Morgan fingerprint density at radius 2 is 2.13 bits per heavy atom. The minimum atomic E-state index is -0.0742. The lowest BCUT2D eigenvalue weighted by Gasteiger charge is -2.12. The molecule has 3 heterocycles. The van der Waals surface area contributed by atoms with Crippen molar-refractivity contribution in [3.63, 3.8) is 0 Å². The van der Waals surface area contributed by atoms with Crippen molar-refractivity contribution in [1.82, 2.24) is 20.4 Å². The molecule has 8 nitrogen and oxygen atoms in total. The monoisotopic (exact) mass is 408 g/mol. The second kappa shape index (κ2) is 9.98. The molecule has 1 amide bonds. The summed E-state index contributed by atoms with van der Waals surface area (Å²) in [6.45, 7) is 1.86. The number of benzene rings is 1. The summed E-state index contributed by atoms with van der Waals surface area (Å²) in [5.41, 5.74) is 1.78. The number of aryl methyl sites for hydroxylation is 1. The van der Waals surface area contributed by atoms with Crippen LogP contribution in [0, 0.1) is 0 Å². The molecule has 1 unspecified atom stereocenters. The molecule has 2 aromatic heterocycles. The molecule has 156 valence electrons. The molecule has 1 fully saturated rings. The van der Waals surface area contributed by atoms with Crippen molar-refractivity contribution >= 4 is 5.91 Å². The lowest BCUT2D eigenvalue weighted by Crippen LogP contribution is -2.23. The van der Waals surface area contributed by atoms with Crippen molar-refractivity contribution < 1.29 is 18.8 Å². The van der Waals surface area contributed by atoms with E-state index in [2.05, 4.69) is 20.4 Å². The van der Waals surface area contributed by atoms with Crippen LogP contribution in [0.1, 0.15) is 30.7 Å². The Kier molecular flexibility index (Phi) is 6.66. The van der Waals surface area contributed by atoms with Gasteiger partial charge in [-0.25, -0.2) is 0 Å². The Labute approximate surface area is 174 Å². The molecule has 3 aromatic rings. The van der Waals surface area contributed by atoms with Gasteiger partial charge in [-0.2, -0.15) is 4.98 Å². The summed E-state index contributed by atoms with van der Waals surface area (Å²) in [6.07, 6.45) is 6.36. The highest BCUT2D eigenvalue weighted by molar-refractivity contribution is 5.76. The van der Waals surface area contributed by atoms with E-state index >= 15 is 0 Å². The maximum atomic E-state index is 12.1. The summed E-state index contributed by atoms with van der Waals surface area (Å²) in [4.78, 5) is 20.5. The number of carbonyl (C=O) groups is 1. The molecule has 0 saturated carbocycles. The molecule has 0 bridgehead atoms. The van der Waals surface area contributed by atoms with Gasteiger partial charge >= 0.3 is 0 Å². The number of ether oxygens (including phenoxy) is 2. The molecule has 30 heavy (non-hydrogen) atoms. The van der Waals surface area contributed by atoms with Crippen molar-refractivity contribution in [3.05, 3.63) is 60.2 Å². The van der Waals surface area contributed by atoms with Crippen LogP contribution in [0.3, 0.4) is 0 Å². The number of hydrogen-bond acceptors (Lipinski definition) is 7. The Balaban J connectivity index is 1.18. The third kappa shape index (κ3) is 5.64. The number of rotatable bonds is 9. The Morgan fingerprint density at radius 3 is 2.90 bits per heavy atom. The average Bonchev–Trinajstić information content (AvgIpc) is 3.48. The third-order valence-electron chi connectivity index (χ3n) is 4.83. The Hall–Kier alpha value is -3.26. The fourth-order valence-corrected chi connectivity index (χ4v) is 3.15. The van der Waals surface area contributed by atoms with Crippen LogP contribution in [0.5, 0.6) is 5.75 Å². The van der Waals surface area contributed by atoms with E-state index in [1.54, 1.807) is 12.4 Å². The quantitative estimate of drug-likeness (QED) is 0.581. The number of nitrogens with one attached hydrogen (secondary N) is 1. The van der Waals surface area contributed by atoms with Gasteiger partial charge in [-0.1, -0.05) is 17.3 Å². The van der Waals surface area contributed by atoms with E-state index in [0.29, 0.717) is 31.3 Å². The fourth-order valence-electron chi connectivity index (χ4n) is 3.15. The van der Waals surface area contributed by atoms with E-state index in [1.165, 1.54) is 0 Å². The fraction of sp³-hybridized carbons (Fsp3) is 0.364. The molecule has 0 aliphatic carbocycles. The predicted octanol–water partition coefficient (Wildman–Crippen LogP) is 2.94. The minimum absolute atomic E-state index is 0.0742. The molecule has 0 radical (unpaired) electrons. The van der Waals surface area contributed by atoms with E-state index in [9.17, 15) is 4.79 Å². The van der Waals surface area contributed by atoms with E-state index in [-0.39, 0.29) is 18.4 Å². The zero-order chi connectivity index (χ0) is 20.6. The molecule has 1 saturated heterocycles. The maximum Gasteiger partial charge on any atom is 0.227 e. The first-order valence-corrected chi connectivity index (χ1v) is 10.1. The SMILES string of the molecule is O=C(CCc1nc(-c2cccnc2)no1)NCc1ccc(OCC2CCCO2)cc1. The van der Waals surface area contributed by atoms with Gasteiger partial charge in [0.15, 0.2) is 0 Å². The molecule has 1 aromatic carbocycles. The van der Waals surface area contributed by atoms with Crippen molar-refractivity contribution in [2.24, 2.45) is 0 Å². The van der Waals surface area contributed by atoms with Crippen molar-refractivity contribution in [1.29, 1.82) is 0 Å². The van der Waals surface area contributed by atoms with Crippen LogP contribution < -0.4 is 10.1 Å². The molecule has 8 heteroatoms. The molecular weight excluding hydrogens is 384 g/mol. The molecule has 1 atom stereocenters. The first-order chi connectivity index (χ1) is 14.8. The normalized spacial score (nSPS) is 15.8. The van der Waals surface area contributed by atoms with Gasteiger partial charge in [0, 0.05) is 44.0 Å². The minimum Gasteiger partial charge on any atom is -0.491 e. The molecular formula is C22H24N4O4. The first-order valence-electron chi connectivity index (χ1n) is 10.1. The van der Waals surface area contributed by atoms with Gasteiger partial charge < -0.3 is 19.3 Å². The van der Waals surface area contributed by atoms with Gasteiger partial charge in [0.2, 0.25) is 17.6 Å². The largest absolute Gasteiger partial charge is 0.491 e. The number of nitrogens with zero attached hydrogens (tertiary/aromatic N) is 3. The van der Waals surface area contributed by atoms with Crippen LogP contribution in [0.4, 0.5) is 0 Å². The van der Waals surface area contributed by atoms with Crippen LogP contribution in [0.15, 0.2) is 53.3 Å². The zero-order valence-corrected chi connectivity index (χ0v) is 16.6. The van der Waals surface area contributed by atoms with E-state index in [1.807, 2.05) is 36.4 Å². The van der Waals surface area contributed by atoms with Crippen LogP contribution in [0.25, 0.3) is 11.4 Å². The second-order valence-corrected chi connectivity index (χ2v) is 7.12. The van der Waals surface area contributed by atoms with Crippen LogP contribution in [-0.2, 0) is 22.5 Å². The number of aromatic nitrogens is 3. The predicted molar refractivity (Wildman–Crippen MR) is 109 cm³/mol. The maximum absolute atomic E-state index is 12.1. The third-order valence-corrected chi connectivity index (χ3v) is 4.83. The van der Waals surface area contributed by atoms with E-state index in [0.717, 1.165) is 36.3 Å². The summed E-state index contributed by atoms with van der Waals surface area (Å²) in [5.74, 6) is 1.63. The highest BCUT2D eigenvalue weighted by Gasteiger charge is 2.16. The molecule has 4 rings (SSSR count). The van der Waals surface area contributed by atoms with Crippen LogP contribution in [0.2, 0.25) is 0 Å². The van der Waals surface area contributed by atoms with Gasteiger partial charge in [-0.05, 0) is 42.7 Å². The summed E-state index contributed by atoms with van der Waals surface area (Å²) < 4.78 is 16.5. The topological polar surface area (TPSA) is 99.4 Å². The van der Waals surface area contributed by atoms with Gasteiger partial charge in [-0.3, -0.25) is 9.78 Å². The second-order valence-electron chi connectivity index (χ2n) is 7.12. The average molecular weight is 408 g/mol. The summed E-state index contributed by atoms with van der Waals surface area (Å²) in [6, 6.07) is 11.4. The van der Waals surface area contributed by atoms with Crippen LogP contribution >= 0.6 is 0 Å². The van der Waals surface area contributed by atoms with Gasteiger partial charge in [0.25, 0.3) is 0 Å². The highest BCUT2D eigenvalue weighted by Crippen LogP contribution is 2.17. The van der Waals surface area contributed by atoms with Crippen LogP contribution in [-0.4, -0.2) is 40.3 Å². The zero-order valence-electron chi connectivity index (χ0n) is 16.6. The lowest BCUT2D eigenvalue weighted by atomic mass is 10.2. The van der Waals surface area contributed by atoms with Crippen molar-refractivity contribution in [2.75, 3.05) is 13.2 Å². The lowest BCUT2D eigenvalue weighted by molar-refractivity contribution is -0.121. The standard InChI is InChI=1S/C22H24N4O4/c27-20(9-10-21-25-22(26-30-21)17-3-1-11-23-14-17)24-13-16-5-7-18(8-6-16)29-15-19-4-2-12-28-19/h1,3,5-8,11,14,19H,2,4,9-10,12-13,15H2,(H,24,27). The van der Waals surface area contributed by atoms with Crippen molar-refractivity contribution in [2.45, 2.75) is 38.3 Å². The van der Waals surface area contributed by atoms with Gasteiger partial charge in [0.1, 0.15) is 12.4 Å².